The zero-order chi connectivity index (χ0) is 9.38. The molecule has 0 unspecified atom stereocenters. The Bertz CT molecular complexity index is 521. The molecule has 2 heterocycles. The first-order chi connectivity index (χ1) is 6.93. The summed E-state index contributed by atoms with van der Waals surface area (Å²) in [5, 5.41) is 7.32. The van der Waals surface area contributed by atoms with Crippen molar-refractivity contribution in [3.8, 4) is 10.6 Å². The smallest absolute Gasteiger partial charge is 0.115 e. The van der Waals surface area contributed by atoms with Crippen molar-refractivity contribution in [2.45, 2.75) is 0 Å². The van der Waals surface area contributed by atoms with Gasteiger partial charge in [-0.3, -0.25) is 0 Å². The number of fused-ring (bicyclic) bond motifs is 1. The number of nitrogens with zero attached hydrogens (tertiary/aromatic N) is 2. The number of hydrogen-bond donors (Lipinski definition) is 0. The maximum atomic E-state index is 4.06. The third-order valence-electron chi connectivity index (χ3n) is 2.04. The van der Waals surface area contributed by atoms with Gasteiger partial charge in [0.2, 0.25) is 0 Å². The zero-order valence-corrected chi connectivity index (χ0v) is 8.81. The van der Waals surface area contributed by atoms with Crippen LogP contribution in [-0.2, 0) is 0 Å². The van der Waals surface area contributed by atoms with E-state index < -0.39 is 0 Å². The number of thiophene rings is 1. The molecule has 0 atom stereocenters. The summed E-state index contributed by atoms with van der Waals surface area (Å²) >= 11 is 3.15. The normalized spacial score (nSPS) is 10.9. The molecule has 0 fully saturated rings. The van der Waals surface area contributed by atoms with Gasteiger partial charge in [0, 0.05) is 10.1 Å². The van der Waals surface area contributed by atoms with Gasteiger partial charge in [0.15, 0.2) is 0 Å². The lowest BCUT2D eigenvalue weighted by atomic mass is 10.2. The Morgan fingerprint density at radius 1 is 1.14 bits per heavy atom. The number of aromatic nitrogens is 2. The Labute approximate surface area is 89.0 Å². The zero-order valence-electron chi connectivity index (χ0n) is 7.18. The van der Waals surface area contributed by atoms with Crippen LogP contribution in [0.5, 0.6) is 0 Å². The van der Waals surface area contributed by atoms with E-state index in [9.17, 15) is 0 Å². The molecule has 0 aliphatic carbocycles. The Hall–Kier alpha value is -1.26. The van der Waals surface area contributed by atoms with Gasteiger partial charge in [-0.1, -0.05) is 22.7 Å². The van der Waals surface area contributed by atoms with Gasteiger partial charge in [-0.15, -0.1) is 16.4 Å². The van der Waals surface area contributed by atoms with Gasteiger partial charge in [0.25, 0.3) is 0 Å². The van der Waals surface area contributed by atoms with Gasteiger partial charge in [0.05, 0.1) is 4.88 Å². The minimum atomic E-state index is 0.983. The lowest BCUT2D eigenvalue weighted by Gasteiger charge is -1.82. The van der Waals surface area contributed by atoms with Crippen molar-refractivity contribution in [1.29, 1.82) is 0 Å². The molecule has 0 bridgehead atoms. The molecule has 0 aliphatic rings. The first-order valence-corrected chi connectivity index (χ1v) is 5.85. The minimum Gasteiger partial charge on any atom is -0.137 e. The average Bonchev–Trinajstić information content (AvgIpc) is 2.86. The maximum Gasteiger partial charge on any atom is 0.115 e. The van der Waals surface area contributed by atoms with Crippen LogP contribution in [0, 0.1) is 0 Å². The van der Waals surface area contributed by atoms with Gasteiger partial charge < -0.3 is 0 Å². The quantitative estimate of drug-likeness (QED) is 0.625. The topological polar surface area (TPSA) is 25.8 Å². The lowest BCUT2D eigenvalue weighted by molar-refractivity contribution is 1.17. The fourth-order valence-electron chi connectivity index (χ4n) is 1.38. The van der Waals surface area contributed by atoms with Gasteiger partial charge in [0.1, 0.15) is 5.69 Å². The van der Waals surface area contributed by atoms with E-state index in [1.165, 1.54) is 26.5 Å². The monoisotopic (exact) mass is 218 g/mol. The summed E-state index contributed by atoms with van der Waals surface area (Å²) in [6, 6.07) is 10.5. The van der Waals surface area contributed by atoms with Crippen LogP contribution in [0.4, 0.5) is 0 Å². The van der Waals surface area contributed by atoms with E-state index >= 15 is 0 Å². The second kappa shape index (κ2) is 3.15. The van der Waals surface area contributed by atoms with Crippen LogP contribution >= 0.6 is 22.9 Å². The van der Waals surface area contributed by atoms with E-state index in [2.05, 4.69) is 39.9 Å². The first-order valence-electron chi connectivity index (χ1n) is 4.19. The van der Waals surface area contributed by atoms with Crippen LogP contribution in [0.25, 0.3) is 20.7 Å². The molecule has 1 aromatic carbocycles. The van der Waals surface area contributed by atoms with E-state index in [0.717, 1.165) is 5.69 Å². The van der Waals surface area contributed by atoms with E-state index in [1.54, 1.807) is 11.3 Å². The molecule has 68 valence electrons. The molecule has 3 aromatic rings. The summed E-state index contributed by atoms with van der Waals surface area (Å²) in [6.45, 7) is 0. The summed E-state index contributed by atoms with van der Waals surface area (Å²) in [7, 11) is 0. The average molecular weight is 218 g/mol. The van der Waals surface area contributed by atoms with Crippen LogP contribution < -0.4 is 0 Å². The second-order valence-electron chi connectivity index (χ2n) is 2.94. The summed E-state index contributed by atoms with van der Waals surface area (Å²) in [6.07, 6.45) is 0. The van der Waals surface area contributed by atoms with Gasteiger partial charge in [-0.25, -0.2) is 0 Å². The van der Waals surface area contributed by atoms with E-state index in [-0.39, 0.29) is 0 Å². The Balaban J connectivity index is 2.24. The highest BCUT2D eigenvalue weighted by molar-refractivity contribution is 7.22. The fourth-order valence-corrected chi connectivity index (χ4v) is 2.93. The molecule has 0 aliphatic heterocycles. The van der Waals surface area contributed by atoms with Crippen molar-refractivity contribution >= 4 is 33.0 Å². The third kappa shape index (κ3) is 1.23. The van der Waals surface area contributed by atoms with Crippen molar-refractivity contribution in [3.63, 3.8) is 0 Å². The summed E-state index contributed by atoms with van der Waals surface area (Å²) in [5.41, 5.74) is 0.983. The Morgan fingerprint density at radius 3 is 2.86 bits per heavy atom. The van der Waals surface area contributed by atoms with Gasteiger partial charge >= 0.3 is 0 Å². The highest BCUT2D eigenvalue weighted by atomic mass is 32.1. The van der Waals surface area contributed by atoms with E-state index in [1.807, 2.05) is 5.38 Å². The molecular weight excluding hydrogens is 212 g/mol. The third-order valence-corrected chi connectivity index (χ3v) is 3.68. The van der Waals surface area contributed by atoms with E-state index in [4.69, 9.17) is 0 Å². The second-order valence-corrected chi connectivity index (χ2v) is 4.63. The van der Waals surface area contributed by atoms with Crippen LogP contribution in [0.2, 0.25) is 0 Å². The van der Waals surface area contributed by atoms with E-state index in [0.29, 0.717) is 0 Å². The van der Waals surface area contributed by atoms with Crippen molar-refractivity contribution in [2.75, 3.05) is 0 Å². The standard InChI is InChI=1S/C10H6N2S2/c1-2-4-9-7(3-1)5-10(14-9)8-6-13-12-11-8/h1-6H. The SMILES string of the molecule is c1ccc2sc(-c3csnn3)cc2c1. The van der Waals surface area contributed by atoms with Crippen LogP contribution in [0.3, 0.4) is 0 Å². The minimum absolute atomic E-state index is 0.983. The summed E-state index contributed by atoms with van der Waals surface area (Å²) in [4.78, 5) is 1.19. The van der Waals surface area contributed by atoms with Crippen molar-refractivity contribution < 1.29 is 0 Å². The highest BCUT2D eigenvalue weighted by Crippen LogP contribution is 2.32. The Kier molecular flexibility index (Phi) is 1.82. The molecule has 14 heavy (non-hydrogen) atoms. The molecule has 0 radical (unpaired) electrons. The molecule has 2 nitrogen and oxygen atoms in total. The van der Waals surface area contributed by atoms with Gasteiger partial charge in [-0.2, -0.15) is 0 Å². The predicted octanol–water partition coefficient (Wildman–Crippen LogP) is 3.42. The molecule has 0 amide bonds. The molecule has 0 saturated carbocycles. The number of benzene rings is 1. The largest absolute Gasteiger partial charge is 0.137 e. The molecule has 0 N–H and O–H groups in total. The summed E-state index contributed by atoms with van der Waals surface area (Å²) in [5.74, 6) is 0. The van der Waals surface area contributed by atoms with Crippen LogP contribution in [0.1, 0.15) is 0 Å². The molecule has 4 heteroatoms. The van der Waals surface area contributed by atoms with Crippen molar-refractivity contribution in [2.24, 2.45) is 0 Å². The first kappa shape index (κ1) is 8.08. The highest BCUT2D eigenvalue weighted by Gasteiger charge is 2.05. The van der Waals surface area contributed by atoms with Crippen molar-refractivity contribution in [1.82, 2.24) is 9.59 Å². The molecule has 3 rings (SSSR count). The Morgan fingerprint density at radius 2 is 2.07 bits per heavy atom. The van der Waals surface area contributed by atoms with Crippen molar-refractivity contribution in [3.05, 3.63) is 35.7 Å². The molecule has 0 spiro atoms. The van der Waals surface area contributed by atoms with Crippen LogP contribution in [-0.4, -0.2) is 9.59 Å². The summed E-state index contributed by atoms with van der Waals surface area (Å²) < 4.78 is 5.17. The molecular formula is C10H6N2S2. The maximum absolute atomic E-state index is 4.06. The molecule has 0 saturated heterocycles. The molecule has 2 aromatic heterocycles. The van der Waals surface area contributed by atoms with Gasteiger partial charge in [-0.05, 0) is 29.1 Å². The predicted molar refractivity (Wildman–Crippen MR) is 60.7 cm³/mol. The fraction of sp³-hybridized carbons (Fsp3) is 0. The number of hydrogen-bond acceptors (Lipinski definition) is 4. The van der Waals surface area contributed by atoms with Crippen LogP contribution in [0.15, 0.2) is 35.7 Å². The number of rotatable bonds is 1. The lowest BCUT2D eigenvalue weighted by Crippen LogP contribution is -1.69.